The van der Waals surface area contributed by atoms with Crippen molar-refractivity contribution in [1.29, 1.82) is 0 Å². The summed E-state index contributed by atoms with van der Waals surface area (Å²) in [5, 5.41) is 0. The SMILES string of the molecule is CN(C)Cc1cn(CCN)cn1. The van der Waals surface area contributed by atoms with Crippen LogP contribution in [0.3, 0.4) is 0 Å². The first kappa shape index (κ1) is 9.22. The summed E-state index contributed by atoms with van der Waals surface area (Å²) in [6.45, 7) is 2.40. The summed E-state index contributed by atoms with van der Waals surface area (Å²) < 4.78 is 2.01. The monoisotopic (exact) mass is 168 g/mol. The van der Waals surface area contributed by atoms with Gasteiger partial charge in [-0.3, -0.25) is 0 Å². The third-order valence-corrected chi connectivity index (χ3v) is 1.55. The normalized spacial score (nSPS) is 11.0. The summed E-state index contributed by atoms with van der Waals surface area (Å²) in [5.74, 6) is 0. The first-order chi connectivity index (χ1) is 5.72. The molecule has 0 fully saturated rings. The van der Waals surface area contributed by atoms with Crippen LogP contribution in [0.4, 0.5) is 0 Å². The molecule has 4 heteroatoms. The lowest BCUT2D eigenvalue weighted by molar-refractivity contribution is 0.397. The van der Waals surface area contributed by atoms with Crippen LogP contribution in [0.2, 0.25) is 0 Å². The lowest BCUT2D eigenvalue weighted by Crippen LogP contribution is -2.11. The van der Waals surface area contributed by atoms with Gasteiger partial charge in [-0.25, -0.2) is 4.98 Å². The van der Waals surface area contributed by atoms with Crippen molar-refractivity contribution in [3.63, 3.8) is 0 Å². The number of hydrogen-bond donors (Lipinski definition) is 1. The molecule has 0 aliphatic heterocycles. The zero-order valence-electron chi connectivity index (χ0n) is 7.70. The Morgan fingerprint density at radius 1 is 1.58 bits per heavy atom. The van der Waals surface area contributed by atoms with Gasteiger partial charge in [0.05, 0.1) is 12.0 Å². The van der Waals surface area contributed by atoms with Crippen LogP contribution in [-0.4, -0.2) is 35.1 Å². The fourth-order valence-electron chi connectivity index (χ4n) is 1.08. The van der Waals surface area contributed by atoms with E-state index in [1.165, 1.54) is 0 Å². The van der Waals surface area contributed by atoms with Crippen molar-refractivity contribution >= 4 is 0 Å². The van der Waals surface area contributed by atoms with Crippen LogP contribution >= 0.6 is 0 Å². The second-order valence-electron chi connectivity index (χ2n) is 3.13. The maximum absolute atomic E-state index is 5.41. The molecular formula is C8H16N4. The number of nitrogens with zero attached hydrogens (tertiary/aromatic N) is 3. The fraction of sp³-hybridized carbons (Fsp3) is 0.625. The fourth-order valence-corrected chi connectivity index (χ4v) is 1.08. The van der Waals surface area contributed by atoms with Gasteiger partial charge in [-0.05, 0) is 14.1 Å². The van der Waals surface area contributed by atoms with Gasteiger partial charge in [0.2, 0.25) is 0 Å². The quantitative estimate of drug-likeness (QED) is 0.683. The van der Waals surface area contributed by atoms with Crippen LogP contribution in [0.1, 0.15) is 5.69 Å². The van der Waals surface area contributed by atoms with E-state index in [-0.39, 0.29) is 0 Å². The highest BCUT2D eigenvalue weighted by atomic mass is 15.1. The summed E-state index contributed by atoms with van der Waals surface area (Å²) in [4.78, 5) is 6.33. The summed E-state index contributed by atoms with van der Waals surface area (Å²) in [5.41, 5.74) is 6.50. The molecule has 0 bridgehead atoms. The largest absolute Gasteiger partial charge is 0.336 e. The molecule has 0 aliphatic carbocycles. The molecule has 68 valence electrons. The standard InChI is InChI=1S/C8H16N4/c1-11(2)5-8-6-12(4-3-9)7-10-8/h6-7H,3-5,9H2,1-2H3. The molecule has 0 saturated carbocycles. The first-order valence-electron chi connectivity index (χ1n) is 4.08. The number of imidazole rings is 1. The maximum atomic E-state index is 5.41. The highest BCUT2D eigenvalue weighted by molar-refractivity contribution is 4.95. The molecule has 0 radical (unpaired) electrons. The van der Waals surface area contributed by atoms with E-state index < -0.39 is 0 Å². The second kappa shape index (κ2) is 4.23. The van der Waals surface area contributed by atoms with Crippen molar-refractivity contribution in [3.8, 4) is 0 Å². The zero-order chi connectivity index (χ0) is 8.97. The minimum absolute atomic E-state index is 0.664. The molecule has 1 rings (SSSR count). The van der Waals surface area contributed by atoms with E-state index in [2.05, 4.69) is 9.88 Å². The highest BCUT2D eigenvalue weighted by Crippen LogP contribution is 1.97. The molecule has 1 aromatic heterocycles. The van der Waals surface area contributed by atoms with E-state index in [0.717, 1.165) is 18.8 Å². The molecule has 0 spiro atoms. The number of rotatable bonds is 4. The third kappa shape index (κ3) is 2.64. The van der Waals surface area contributed by atoms with Gasteiger partial charge >= 0.3 is 0 Å². The van der Waals surface area contributed by atoms with Crippen LogP contribution < -0.4 is 5.73 Å². The summed E-state index contributed by atoms with van der Waals surface area (Å²) in [6, 6.07) is 0. The highest BCUT2D eigenvalue weighted by Gasteiger charge is 1.98. The van der Waals surface area contributed by atoms with Gasteiger partial charge in [-0.15, -0.1) is 0 Å². The molecule has 0 aromatic carbocycles. The van der Waals surface area contributed by atoms with Crippen molar-refractivity contribution in [2.75, 3.05) is 20.6 Å². The Morgan fingerprint density at radius 2 is 2.33 bits per heavy atom. The van der Waals surface area contributed by atoms with Crippen LogP contribution in [0.15, 0.2) is 12.5 Å². The molecule has 0 amide bonds. The topological polar surface area (TPSA) is 47.1 Å². The minimum atomic E-state index is 0.664. The molecule has 4 nitrogen and oxygen atoms in total. The Morgan fingerprint density at radius 3 is 2.92 bits per heavy atom. The molecule has 0 atom stereocenters. The Labute approximate surface area is 73.0 Å². The van der Waals surface area contributed by atoms with E-state index in [4.69, 9.17) is 5.73 Å². The van der Waals surface area contributed by atoms with E-state index in [0.29, 0.717) is 6.54 Å². The van der Waals surface area contributed by atoms with Crippen molar-refractivity contribution in [3.05, 3.63) is 18.2 Å². The average Bonchev–Trinajstić information content (AvgIpc) is 2.36. The third-order valence-electron chi connectivity index (χ3n) is 1.55. The van der Waals surface area contributed by atoms with Gasteiger partial charge in [-0.2, -0.15) is 0 Å². The zero-order valence-corrected chi connectivity index (χ0v) is 7.70. The van der Waals surface area contributed by atoms with Crippen molar-refractivity contribution in [1.82, 2.24) is 14.5 Å². The van der Waals surface area contributed by atoms with Crippen LogP contribution in [0.5, 0.6) is 0 Å². The maximum Gasteiger partial charge on any atom is 0.0950 e. The van der Waals surface area contributed by atoms with Gasteiger partial charge < -0.3 is 15.2 Å². The molecular weight excluding hydrogens is 152 g/mol. The molecule has 0 unspecified atom stereocenters. The Hall–Kier alpha value is -0.870. The lowest BCUT2D eigenvalue weighted by atomic mass is 10.4. The number of hydrogen-bond acceptors (Lipinski definition) is 3. The smallest absolute Gasteiger partial charge is 0.0950 e. The van der Waals surface area contributed by atoms with Gasteiger partial charge in [0.15, 0.2) is 0 Å². The number of nitrogens with two attached hydrogens (primary N) is 1. The predicted octanol–water partition coefficient (Wildman–Crippen LogP) is -0.0966. The van der Waals surface area contributed by atoms with Gasteiger partial charge in [0.1, 0.15) is 0 Å². The molecule has 0 aliphatic rings. The van der Waals surface area contributed by atoms with Gasteiger partial charge in [0, 0.05) is 25.8 Å². The van der Waals surface area contributed by atoms with Gasteiger partial charge in [-0.1, -0.05) is 0 Å². The number of aromatic nitrogens is 2. The van der Waals surface area contributed by atoms with Crippen LogP contribution in [-0.2, 0) is 13.1 Å². The summed E-state index contributed by atoms with van der Waals surface area (Å²) in [6.07, 6.45) is 3.86. The van der Waals surface area contributed by atoms with E-state index in [1.807, 2.05) is 31.2 Å². The molecule has 1 aromatic rings. The minimum Gasteiger partial charge on any atom is -0.336 e. The molecule has 1 heterocycles. The van der Waals surface area contributed by atoms with Crippen molar-refractivity contribution in [2.45, 2.75) is 13.1 Å². The van der Waals surface area contributed by atoms with E-state index in [9.17, 15) is 0 Å². The van der Waals surface area contributed by atoms with Crippen LogP contribution in [0.25, 0.3) is 0 Å². The molecule has 12 heavy (non-hydrogen) atoms. The summed E-state index contributed by atoms with van der Waals surface area (Å²) >= 11 is 0. The average molecular weight is 168 g/mol. The van der Waals surface area contributed by atoms with E-state index >= 15 is 0 Å². The Kier molecular flexibility index (Phi) is 3.25. The van der Waals surface area contributed by atoms with E-state index in [1.54, 1.807) is 0 Å². The predicted molar refractivity (Wildman–Crippen MR) is 48.7 cm³/mol. The summed E-state index contributed by atoms with van der Waals surface area (Å²) in [7, 11) is 4.06. The lowest BCUT2D eigenvalue weighted by Gasteiger charge is -2.05. The second-order valence-corrected chi connectivity index (χ2v) is 3.13. The Bertz CT molecular complexity index is 229. The van der Waals surface area contributed by atoms with Crippen molar-refractivity contribution in [2.24, 2.45) is 5.73 Å². The molecule has 2 N–H and O–H groups in total. The first-order valence-corrected chi connectivity index (χ1v) is 4.08. The Balaban J connectivity index is 2.52. The van der Waals surface area contributed by atoms with Gasteiger partial charge in [0.25, 0.3) is 0 Å². The van der Waals surface area contributed by atoms with Crippen molar-refractivity contribution < 1.29 is 0 Å². The van der Waals surface area contributed by atoms with Crippen LogP contribution in [0, 0.1) is 0 Å². The molecule has 0 saturated heterocycles.